The van der Waals surface area contributed by atoms with E-state index in [9.17, 15) is 0 Å². The Kier molecular flexibility index (Phi) is 3.39. The smallest absolute Gasteiger partial charge is 0.193 e. The molecule has 0 saturated heterocycles. The molecule has 0 bridgehead atoms. The molecule has 4 heteroatoms. The van der Waals surface area contributed by atoms with Crippen LogP contribution in [0.4, 0.5) is 0 Å². The summed E-state index contributed by atoms with van der Waals surface area (Å²) in [6.07, 6.45) is 9.95. The fraction of sp³-hybridized carbons (Fsp3) is 0.667. The minimum Gasteiger partial charge on any atom is -0.325 e. The van der Waals surface area contributed by atoms with E-state index in [2.05, 4.69) is 41.0 Å². The number of imidazole rings is 1. The molecule has 0 atom stereocenters. The third-order valence-electron chi connectivity index (χ3n) is 4.65. The summed E-state index contributed by atoms with van der Waals surface area (Å²) in [5.41, 5.74) is 7.72. The van der Waals surface area contributed by atoms with Crippen molar-refractivity contribution in [3.63, 3.8) is 0 Å². The Bertz CT molecular complexity index is 518. The number of rotatable bonds is 3. The van der Waals surface area contributed by atoms with Crippen LogP contribution in [0.25, 0.3) is 4.96 Å². The fourth-order valence-corrected chi connectivity index (χ4v) is 4.00. The average Bonchev–Trinajstić information content (AvgIpc) is 2.89. The van der Waals surface area contributed by atoms with Gasteiger partial charge in [0, 0.05) is 29.7 Å². The lowest BCUT2D eigenvalue weighted by atomic mass is 9.72. The number of aromatic nitrogens is 2. The van der Waals surface area contributed by atoms with Crippen LogP contribution in [0.3, 0.4) is 0 Å². The third kappa shape index (κ3) is 2.70. The molecule has 19 heavy (non-hydrogen) atoms. The molecule has 1 aliphatic rings. The van der Waals surface area contributed by atoms with Gasteiger partial charge in [0.05, 0.1) is 5.69 Å². The summed E-state index contributed by atoms with van der Waals surface area (Å²) in [7, 11) is 0. The van der Waals surface area contributed by atoms with Crippen LogP contribution in [-0.4, -0.2) is 14.9 Å². The molecule has 1 saturated carbocycles. The van der Waals surface area contributed by atoms with Crippen LogP contribution in [0.5, 0.6) is 0 Å². The monoisotopic (exact) mass is 277 g/mol. The Hall–Kier alpha value is -0.870. The summed E-state index contributed by atoms with van der Waals surface area (Å²) >= 11 is 1.68. The molecule has 2 heterocycles. The molecule has 0 radical (unpaired) electrons. The van der Waals surface area contributed by atoms with Crippen LogP contribution in [-0.2, 0) is 6.42 Å². The predicted octanol–water partition coefficient (Wildman–Crippen LogP) is 3.48. The molecule has 3 rings (SSSR count). The number of hydrogen-bond donors (Lipinski definition) is 1. The van der Waals surface area contributed by atoms with Crippen LogP contribution in [0.2, 0.25) is 0 Å². The zero-order valence-electron chi connectivity index (χ0n) is 11.8. The molecule has 0 aromatic carbocycles. The van der Waals surface area contributed by atoms with E-state index >= 15 is 0 Å². The van der Waals surface area contributed by atoms with Gasteiger partial charge in [-0.15, -0.1) is 11.3 Å². The highest BCUT2D eigenvalue weighted by Crippen LogP contribution is 2.36. The standard InChI is InChI=1S/C15H23N3S/c1-11(2)12-3-5-15(16,6-4-12)9-13-10-18-7-8-19-14(18)17-13/h7-8,10-12H,3-6,9,16H2,1-2H3. The minimum absolute atomic E-state index is 0.0323. The van der Waals surface area contributed by atoms with Crippen LogP contribution in [0.15, 0.2) is 17.8 Å². The molecule has 0 aliphatic heterocycles. The van der Waals surface area contributed by atoms with Crippen molar-refractivity contribution in [1.29, 1.82) is 0 Å². The van der Waals surface area contributed by atoms with E-state index in [4.69, 9.17) is 5.73 Å². The molecule has 2 N–H and O–H groups in total. The SMILES string of the molecule is CC(C)C1CCC(N)(Cc2cn3ccsc3n2)CC1. The number of fused-ring (bicyclic) bond motifs is 1. The Morgan fingerprint density at radius 3 is 2.84 bits per heavy atom. The van der Waals surface area contributed by atoms with Crippen LogP contribution < -0.4 is 5.73 Å². The Morgan fingerprint density at radius 2 is 2.21 bits per heavy atom. The Morgan fingerprint density at radius 1 is 1.47 bits per heavy atom. The highest BCUT2D eigenvalue weighted by atomic mass is 32.1. The summed E-state index contributed by atoms with van der Waals surface area (Å²) < 4.78 is 2.10. The Balaban J connectivity index is 1.67. The molecule has 1 aliphatic carbocycles. The molecule has 0 amide bonds. The topological polar surface area (TPSA) is 43.3 Å². The lowest BCUT2D eigenvalue weighted by Crippen LogP contribution is -2.45. The quantitative estimate of drug-likeness (QED) is 0.933. The van der Waals surface area contributed by atoms with Crippen molar-refractivity contribution in [3.8, 4) is 0 Å². The van der Waals surface area contributed by atoms with Gasteiger partial charge in [0.25, 0.3) is 0 Å². The van der Waals surface area contributed by atoms with Crippen molar-refractivity contribution in [2.24, 2.45) is 17.6 Å². The summed E-state index contributed by atoms with van der Waals surface area (Å²) in [5, 5.41) is 2.07. The second-order valence-electron chi connectivity index (χ2n) is 6.45. The van der Waals surface area contributed by atoms with E-state index in [0.29, 0.717) is 0 Å². The van der Waals surface area contributed by atoms with Gasteiger partial charge in [0.2, 0.25) is 0 Å². The maximum atomic E-state index is 6.60. The third-order valence-corrected chi connectivity index (χ3v) is 5.42. The van der Waals surface area contributed by atoms with Gasteiger partial charge in [-0.05, 0) is 37.5 Å². The van der Waals surface area contributed by atoms with Gasteiger partial charge in [-0.1, -0.05) is 13.8 Å². The molecule has 1 fully saturated rings. The van der Waals surface area contributed by atoms with E-state index in [1.54, 1.807) is 11.3 Å². The van der Waals surface area contributed by atoms with E-state index in [1.165, 1.54) is 12.8 Å². The first kappa shape index (κ1) is 13.1. The first-order chi connectivity index (χ1) is 9.06. The summed E-state index contributed by atoms with van der Waals surface area (Å²) in [6.45, 7) is 4.66. The van der Waals surface area contributed by atoms with Gasteiger partial charge in [-0.25, -0.2) is 4.98 Å². The molecule has 0 spiro atoms. The second kappa shape index (κ2) is 4.91. The lowest BCUT2D eigenvalue weighted by Gasteiger charge is -2.38. The van der Waals surface area contributed by atoms with Gasteiger partial charge >= 0.3 is 0 Å². The molecule has 104 valence electrons. The first-order valence-corrected chi connectivity index (χ1v) is 8.14. The van der Waals surface area contributed by atoms with Crippen molar-refractivity contribution in [2.75, 3.05) is 0 Å². The summed E-state index contributed by atoms with van der Waals surface area (Å²) in [4.78, 5) is 5.75. The predicted molar refractivity (Wildman–Crippen MR) is 80.5 cm³/mol. The van der Waals surface area contributed by atoms with Crippen LogP contribution in [0.1, 0.15) is 45.2 Å². The van der Waals surface area contributed by atoms with Crippen molar-refractivity contribution in [3.05, 3.63) is 23.5 Å². The summed E-state index contributed by atoms with van der Waals surface area (Å²) in [5.74, 6) is 1.66. The lowest BCUT2D eigenvalue weighted by molar-refractivity contribution is 0.194. The van der Waals surface area contributed by atoms with Crippen molar-refractivity contribution >= 4 is 16.3 Å². The van der Waals surface area contributed by atoms with Gasteiger partial charge in [0.15, 0.2) is 4.96 Å². The zero-order chi connectivity index (χ0) is 13.5. The molecular weight excluding hydrogens is 254 g/mol. The molecule has 2 aromatic heterocycles. The van der Waals surface area contributed by atoms with E-state index in [-0.39, 0.29) is 5.54 Å². The van der Waals surface area contributed by atoms with E-state index < -0.39 is 0 Å². The van der Waals surface area contributed by atoms with Gasteiger partial charge in [0.1, 0.15) is 0 Å². The largest absolute Gasteiger partial charge is 0.325 e. The minimum atomic E-state index is -0.0323. The second-order valence-corrected chi connectivity index (χ2v) is 7.32. The fourth-order valence-electron chi connectivity index (χ4n) is 3.28. The first-order valence-electron chi connectivity index (χ1n) is 7.26. The summed E-state index contributed by atoms with van der Waals surface area (Å²) in [6, 6.07) is 0. The van der Waals surface area contributed by atoms with Crippen molar-refractivity contribution < 1.29 is 0 Å². The number of hydrogen-bond acceptors (Lipinski definition) is 3. The molecular formula is C15H23N3S. The van der Waals surface area contributed by atoms with Gasteiger partial charge in [-0.3, -0.25) is 4.40 Å². The maximum Gasteiger partial charge on any atom is 0.193 e. The van der Waals surface area contributed by atoms with E-state index in [1.807, 2.05) is 0 Å². The number of thiazole rings is 1. The Labute approximate surface area is 118 Å². The van der Waals surface area contributed by atoms with E-state index in [0.717, 1.165) is 41.8 Å². The van der Waals surface area contributed by atoms with Crippen LogP contribution in [0, 0.1) is 11.8 Å². The van der Waals surface area contributed by atoms with Crippen molar-refractivity contribution in [2.45, 2.75) is 51.5 Å². The normalized spacial score (nSPS) is 28.3. The van der Waals surface area contributed by atoms with Crippen LogP contribution >= 0.6 is 11.3 Å². The molecule has 0 unspecified atom stereocenters. The highest BCUT2D eigenvalue weighted by Gasteiger charge is 2.33. The average molecular weight is 277 g/mol. The number of nitrogens with zero attached hydrogens (tertiary/aromatic N) is 2. The van der Waals surface area contributed by atoms with Crippen molar-refractivity contribution in [1.82, 2.24) is 9.38 Å². The van der Waals surface area contributed by atoms with Gasteiger partial charge < -0.3 is 5.73 Å². The maximum absolute atomic E-state index is 6.60. The molecule has 2 aromatic rings. The molecule has 3 nitrogen and oxygen atoms in total. The highest BCUT2D eigenvalue weighted by molar-refractivity contribution is 7.15. The number of nitrogens with two attached hydrogens (primary N) is 1. The zero-order valence-corrected chi connectivity index (χ0v) is 12.6. The van der Waals surface area contributed by atoms with Gasteiger partial charge in [-0.2, -0.15) is 0 Å².